The van der Waals surface area contributed by atoms with Crippen LogP contribution in [0.25, 0.3) is 16.8 Å². The van der Waals surface area contributed by atoms with E-state index >= 15 is 0 Å². The number of amides is 3. The first kappa shape index (κ1) is 36.7. The number of fused-ring (bicyclic) bond motifs is 4. The fourth-order valence-corrected chi connectivity index (χ4v) is 10.7. The molecule has 4 aliphatic carbocycles. The molecule has 6 aliphatic rings. The number of benzene rings is 1. The third kappa shape index (κ3) is 7.40. The van der Waals surface area contributed by atoms with Crippen LogP contribution in [0, 0.1) is 23.7 Å². The second kappa shape index (κ2) is 14.8. The van der Waals surface area contributed by atoms with Crippen molar-refractivity contribution in [2.75, 3.05) is 6.54 Å². The average Bonchev–Trinajstić information content (AvgIpc) is 4.06. The highest BCUT2D eigenvalue weighted by Crippen LogP contribution is 2.46. The van der Waals surface area contributed by atoms with Gasteiger partial charge in [-0.15, -0.1) is 6.58 Å². The van der Waals surface area contributed by atoms with Crippen molar-refractivity contribution in [2.24, 2.45) is 23.7 Å². The zero-order valence-corrected chi connectivity index (χ0v) is 31.4. The largest absolute Gasteiger partial charge is 0.472 e. The van der Waals surface area contributed by atoms with Crippen molar-refractivity contribution in [3.63, 3.8) is 0 Å². The SMILES string of the molecule is C=C[C@H]1C[C@]1(NC(=O)[C@@H]1CC2CN1C(=O)[C@H](C1CCCCC1)CC(=O)O[C@@H]1CCC[C@H]1C/C=C/c1ccc3ccnc(c3c1)O2)C(=O)NS(=O)(=O)C1CC1. The van der Waals surface area contributed by atoms with E-state index in [1.54, 1.807) is 12.3 Å². The van der Waals surface area contributed by atoms with Gasteiger partial charge in [-0.1, -0.05) is 49.6 Å². The van der Waals surface area contributed by atoms with Crippen LogP contribution < -0.4 is 14.8 Å². The Morgan fingerprint density at radius 1 is 0.981 bits per heavy atom. The first-order valence-corrected chi connectivity index (χ1v) is 21.3. The lowest BCUT2D eigenvalue weighted by Crippen LogP contribution is -2.57. The number of esters is 1. The Morgan fingerprint density at radius 3 is 2.54 bits per heavy atom. The summed E-state index contributed by atoms with van der Waals surface area (Å²) >= 11 is 0. The fraction of sp³-hybridized carbons (Fsp3) is 0.585. The topological polar surface area (TPSA) is 161 Å². The number of ether oxygens (including phenoxy) is 2. The molecule has 8 rings (SSSR count). The smallest absolute Gasteiger partial charge is 0.306 e. The van der Waals surface area contributed by atoms with Gasteiger partial charge in [0.15, 0.2) is 0 Å². The molecule has 0 spiro atoms. The minimum atomic E-state index is -3.87. The van der Waals surface area contributed by atoms with Crippen LogP contribution in [0.2, 0.25) is 0 Å². The van der Waals surface area contributed by atoms with Crippen LogP contribution in [0.4, 0.5) is 0 Å². The molecule has 12 nitrogen and oxygen atoms in total. The molecule has 7 atom stereocenters. The molecule has 1 saturated heterocycles. The van der Waals surface area contributed by atoms with Gasteiger partial charge in [-0.25, -0.2) is 13.4 Å². The Hall–Kier alpha value is -4.26. The third-order valence-corrected chi connectivity index (χ3v) is 14.5. The maximum absolute atomic E-state index is 14.9. The lowest BCUT2D eigenvalue weighted by Gasteiger charge is -2.34. The maximum Gasteiger partial charge on any atom is 0.306 e. The minimum Gasteiger partial charge on any atom is -0.472 e. The number of carbonyl (C=O) groups is 4. The van der Waals surface area contributed by atoms with E-state index in [2.05, 4.69) is 33.8 Å². The number of hydrogen-bond donors (Lipinski definition) is 2. The summed E-state index contributed by atoms with van der Waals surface area (Å²) in [6.45, 7) is 3.88. The van der Waals surface area contributed by atoms with E-state index in [0.29, 0.717) is 18.7 Å². The summed E-state index contributed by atoms with van der Waals surface area (Å²) in [4.78, 5) is 62.8. The number of nitrogens with one attached hydrogen (secondary N) is 2. The van der Waals surface area contributed by atoms with Crippen molar-refractivity contribution in [3.05, 3.63) is 54.8 Å². The van der Waals surface area contributed by atoms with Gasteiger partial charge in [0.2, 0.25) is 27.7 Å². The van der Waals surface area contributed by atoms with E-state index in [-0.39, 0.29) is 49.7 Å². The molecule has 4 saturated carbocycles. The molecule has 2 aromatic rings. The Morgan fingerprint density at radius 2 is 1.78 bits per heavy atom. The third-order valence-electron chi connectivity index (χ3n) is 12.7. The fourth-order valence-electron chi connectivity index (χ4n) is 9.32. The van der Waals surface area contributed by atoms with Crippen LogP contribution in [0.5, 0.6) is 5.88 Å². The van der Waals surface area contributed by atoms with E-state index in [4.69, 9.17) is 9.47 Å². The molecular formula is C41H50N4O8S. The zero-order valence-electron chi connectivity index (χ0n) is 30.6. The molecule has 54 heavy (non-hydrogen) atoms. The zero-order chi connectivity index (χ0) is 37.6. The van der Waals surface area contributed by atoms with Gasteiger partial charge in [0.25, 0.3) is 5.91 Å². The summed E-state index contributed by atoms with van der Waals surface area (Å²) in [7, 11) is -3.87. The van der Waals surface area contributed by atoms with Crippen molar-refractivity contribution in [3.8, 4) is 5.88 Å². The molecule has 1 unspecified atom stereocenters. The molecule has 13 heteroatoms. The molecule has 3 amide bonds. The van der Waals surface area contributed by atoms with Gasteiger partial charge < -0.3 is 19.7 Å². The second-order valence-corrected chi connectivity index (χ2v) is 18.3. The number of sulfonamides is 1. The van der Waals surface area contributed by atoms with E-state index in [1.807, 2.05) is 24.3 Å². The molecule has 2 N–H and O–H groups in total. The summed E-state index contributed by atoms with van der Waals surface area (Å²) in [5.41, 5.74) is -0.538. The highest BCUT2D eigenvalue weighted by atomic mass is 32.2. The first-order chi connectivity index (χ1) is 26.0. The molecule has 1 aromatic carbocycles. The lowest BCUT2D eigenvalue weighted by atomic mass is 9.77. The summed E-state index contributed by atoms with van der Waals surface area (Å²) in [6.07, 6.45) is 15.8. The molecule has 4 bridgehead atoms. The van der Waals surface area contributed by atoms with Crippen LogP contribution in [0.1, 0.15) is 95.5 Å². The van der Waals surface area contributed by atoms with Gasteiger partial charge >= 0.3 is 5.97 Å². The Bertz CT molecular complexity index is 1970. The lowest BCUT2D eigenvalue weighted by molar-refractivity contribution is -0.157. The summed E-state index contributed by atoms with van der Waals surface area (Å²) in [5.74, 6) is -2.73. The van der Waals surface area contributed by atoms with E-state index in [1.165, 1.54) is 4.90 Å². The highest BCUT2D eigenvalue weighted by molar-refractivity contribution is 7.91. The molecule has 3 heterocycles. The number of hydrogen-bond acceptors (Lipinski definition) is 9. The van der Waals surface area contributed by atoms with Crippen LogP contribution in [-0.4, -0.2) is 77.6 Å². The number of rotatable bonds is 7. The predicted molar refractivity (Wildman–Crippen MR) is 201 cm³/mol. The summed E-state index contributed by atoms with van der Waals surface area (Å²) in [5, 5.41) is 4.00. The van der Waals surface area contributed by atoms with Crippen molar-refractivity contribution < 1.29 is 37.1 Å². The molecule has 0 radical (unpaired) electrons. The minimum absolute atomic E-state index is 0.0492. The Kier molecular flexibility index (Phi) is 10.0. The van der Waals surface area contributed by atoms with E-state index in [9.17, 15) is 27.6 Å². The highest BCUT2D eigenvalue weighted by Gasteiger charge is 2.62. The van der Waals surface area contributed by atoms with Gasteiger partial charge in [0.1, 0.15) is 23.8 Å². The van der Waals surface area contributed by atoms with Gasteiger partial charge in [-0.3, -0.25) is 23.9 Å². The normalized spacial score (nSPS) is 32.5. The molecule has 5 fully saturated rings. The quantitative estimate of drug-likeness (QED) is 0.294. The van der Waals surface area contributed by atoms with Gasteiger partial charge in [0, 0.05) is 23.9 Å². The first-order valence-electron chi connectivity index (χ1n) is 19.8. The molecule has 2 aliphatic heterocycles. The average molecular weight is 759 g/mol. The predicted octanol–water partition coefficient (Wildman–Crippen LogP) is 4.97. The number of allylic oxidation sites excluding steroid dienone is 1. The van der Waals surface area contributed by atoms with E-state index < -0.39 is 62.6 Å². The standard InChI is InChI=1S/C41H50N4O8S/c1-2-29-23-41(29,40(49)44-54(50,51)31-16-17-31)43-37(47)34-21-30-24-45(34)39(48)33(26-9-4-3-5-10-26)22-36(46)53-35-13-7-12-28(35)11-6-8-25-14-15-27-18-19-42-38(52-30)32(27)20-25/h2,6,8,14-15,18-20,26,28-31,33-35H,1,3-5,7,9-13,16-17,21-24H2,(H,43,47)(H,44,49)/b8-6+/t28-,29+,30?,33+,34+,35-,41-/m1/s1. The summed E-state index contributed by atoms with van der Waals surface area (Å²) in [6, 6.07) is 6.93. The van der Waals surface area contributed by atoms with Crippen molar-refractivity contribution >= 4 is 50.6 Å². The molecule has 1 aromatic heterocycles. The van der Waals surface area contributed by atoms with Crippen LogP contribution in [0.15, 0.2) is 49.2 Å². The van der Waals surface area contributed by atoms with Crippen molar-refractivity contribution in [1.29, 1.82) is 0 Å². The van der Waals surface area contributed by atoms with Crippen LogP contribution in [0.3, 0.4) is 0 Å². The van der Waals surface area contributed by atoms with Gasteiger partial charge in [-0.05, 0) is 92.7 Å². The Balaban J connectivity index is 1.13. The number of nitrogens with zero attached hydrogens (tertiary/aromatic N) is 2. The second-order valence-electron chi connectivity index (χ2n) is 16.3. The van der Waals surface area contributed by atoms with E-state index in [0.717, 1.165) is 74.1 Å². The van der Waals surface area contributed by atoms with Gasteiger partial charge in [-0.2, -0.15) is 0 Å². The summed E-state index contributed by atoms with van der Waals surface area (Å²) < 4.78 is 40.4. The molecular weight excluding hydrogens is 709 g/mol. The number of aromatic nitrogens is 1. The monoisotopic (exact) mass is 758 g/mol. The number of carbonyl (C=O) groups excluding carboxylic acids is 4. The molecule has 288 valence electrons. The van der Waals surface area contributed by atoms with Crippen molar-refractivity contribution in [2.45, 2.75) is 119 Å². The van der Waals surface area contributed by atoms with Gasteiger partial charge in [0.05, 0.1) is 24.1 Å². The maximum atomic E-state index is 14.9. The Labute approximate surface area is 316 Å². The number of pyridine rings is 1. The van der Waals surface area contributed by atoms with Crippen molar-refractivity contribution in [1.82, 2.24) is 19.9 Å². The van der Waals surface area contributed by atoms with Crippen LogP contribution >= 0.6 is 0 Å². The van der Waals surface area contributed by atoms with Crippen LogP contribution in [-0.2, 0) is 33.9 Å².